The monoisotopic (exact) mass is 482 g/mol. The second-order valence-corrected chi connectivity index (χ2v) is 11.9. The third kappa shape index (κ3) is 6.40. The Kier molecular flexibility index (Phi) is 8.79. The van der Waals surface area contributed by atoms with E-state index >= 15 is 0 Å². The van der Waals surface area contributed by atoms with Crippen molar-refractivity contribution in [3.8, 4) is 11.3 Å². The van der Waals surface area contributed by atoms with E-state index in [0.29, 0.717) is 19.8 Å². The van der Waals surface area contributed by atoms with Crippen LogP contribution in [0.5, 0.6) is 0 Å². The largest absolute Gasteiger partial charge is 0.375 e. The predicted octanol–water partition coefficient (Wildman–Crippen LogP) is 5.71. The Labute approximate surface area is 206 Å². The van der Waals surface area contributed by atoms with Gasteiger partial charge in [-0.05, 0) is 58.2 Å². The molecule has 7 heteroatoms. The summed E-state index contributed by atoms with van der Waals surface area (Å²) in [5.74, 6) is 1.16. The number of aromatic nitrogens is 3. The smallest absolute Gasteiger partial charge is 0.106 e. The zero-order chi connectivity index (χ0) is 24.9. The molecule has 1 N–H and O–H groups in total. The van der Waals surface area contributed by atoms with Crippen LogP contribution in [0.15, 0.2) is 48.7 Å². The first-order valence-corrected chi connectivity index (χ1v) is 13.1. The van der Waals surface area contributed by atoms with Crippen molar-refractivity contribution < 1.29 is 8.95 Å². The number of imidazole rings is 1. The Bertz CT molecular complexity index is 1100. The number of ether oxygens (including phenoxy) is 1. The highest BCUT2D eigenvalue weighted by Crippen LogP contribution is 2.33. The van der Waals surface area contributed by atoms with Crippen molar-refractivity contribution in [3.05, 3.63) is 71.4 Å². The van der Waals surface area contributed by atoms with E-state index in [1.54, 1.807) is 0 Å². The van der Waals surface area contributed by atoms with Crippen molar-refractivity contribution in [1.82, 2.24) is 19.3 Å². The van der Waals surface area contributed by atoms with Gasteiger partial charge in [-0.3, -0.25) is 4.98 Å². The number of benzene rings is 1. The maximum atomic E-state index is 12.9. The molecule has 3 aromatic rings. The molecule has 2 unspecified atom stereocenters. The van der Waals surface area contributed by atoms with Crippen LogP contribution < -0.4 is 4.72 Å². The van der Waals surface area contributed by atoms with Crippen LogP contribution in [0.3, 0.4) is 0 Å². The molecular formula is C27H38N4O2S. The summed E-state index contributed by atoms with van der Waals surface area (Å²) in [6.45, 7) is 16.1. The highest BCUT2D eigenvalue weighted by molar-refractivity contribution is 7.84. The van der Waals surface area contributed by atoms with Crippen molar-refractivity contribution >= 4 is 11.0 Å². The van der Waals surface area contributed by atoms with Gasteiger partial charge in [-0.2, -0.15) is 0 Å². The molecule has 2 heterocycles. The Morgan fingerprint density at radius 2 is 1.79 bits per heavy atom. The minimum atomic E-state index is -1.22. The van der Waals surface area contributed by atoms with Crippen LogP contribution in [-0.4, -0.2) is 30.1 Å². The summed E-state index contributed by atoms with van der Waals surface area (Å²) in [5, 5.41) is 0. The predicted molar refractivity (Wildman–Crippen MR) is 140 cm³/mol. The van der Waals surface area contributed by atoms with E-state index in [2.05, 4.69) is 53.2 Å². The lowest BCUT2D eigenvalue weighted by molar-refractivity contribution is 0.112. The molecule has 184 valence electrons. The molecule has 0 saturated heterocycles. The average Bonchev–Trinajstić information content (AvgIpc) is 3.12. The Balaban J connectivity index is 1.94. The number of nitrogens with one attached hydrogen (secondary N) is 1. The molecule has 0 bridgehead atoms. The molecule has 34 heavy (non-hydrogen) atoms. The lowest BCUT2D eigenvalue weighted by atomic mass is 9.99. The number of hydrogen-bond donors (Lipinski definition) is 1. The van der Waals surface area contributed by atoms with Crippen molar-refractivity contribution in [2.75, 3.05) is 6.61 Å². The molecular weight excluding hydrogens is 444 g/mol. The molecule has 0 aliphatic heterocycles. The zero-order valence-corrected chi connectivity index (χ0v) is 22.3. The summed E-state index contributed by atoms with van der Waals surface area (Å²) in [6.07, 6.45) is 1.83. The van der Waals surface area contributed by atoms with E-state index in [0.717, 1.165) is 34.0 Å². The second-order valence-electron chi connectivity index (χ2n) is 9.89. The van der Waals surface area contributed by atoms with Crippen LogP contribution in [0.2, 0.25) is 0 Å². The summed E-state index contributed by atoms with van der Waals surface area (Å²) in [6, 6.07) is 14.0. The number of rotatable bonds is 10. The SMILES string of the molecule is Cc1nc(-c2cccnc2C(C)C)c(C(C)NS(=O)C(C)(C)C)n1CCOCc1ccccc1. The number of pyridine rings is 1. The number of hydrogen-bond acceptors (Lipinski definition) is 4. The average molecular weight is 483 g/mol. The summed E-state index contributed by atoms with van der Waals surface area (Å²) in [4.78, 5) is 9.63. The molecule has 0 aliphatic carbocycles. The van der Waals surface area contributed by atoms with Gasteiger partial charge in [0.05, 0.1) is 52.1 Å². The third-order valence-electron chi connectivity index (χ3n) is 5.66. The summed E-state index contributed by atoms with van der Waals surface area (Å²) in [5.41, 5.74) is 5.09. The Morgan fingerprint density at radius 1 is 1.09 bits per heavy atom. The van der Waals surface area contributed by atoms with Crippen molar-refractivity contribution in [3.63, 3.8) is 0 Å². The fourth-order valence-electron chi connectivity index (χ4n) is 3.89. The lowest BCUT2D eigenvalue weighted by Gasteiger charge is -2.24. The zero-order valence-electron chi connectivity index (χ0n) is 21.5. The molecule has 2 aromatic heterocycles. The third-order valence-corrected chi connectivity index (χ3v) is 7.34. The van der Waals surface area contributed by atoms with E-state index < -0.39 is 11.0 Å². The molecule has 6 nitrogen and oxygen atoms in total. The molecule has 2 atom stereocenters. The van der Waals surface area contributed by atoms with Crippen molar-refractivity contribution in [1.29, 1.82) is 0 Å². The van der Waals surface area contributed by atoms with Crippen LogP contribution in [0.1, 0.15) is 76.3 Å². The van der Waals surface area contributed by atoms with E-state index in [1.165, 1.54) is 0 Å². The molecule has 0 aliphatic rings. The van der Waals surface area contributed by atoms with Gasteiger partial charge in [0.25, 0.3) is 0 Å². The molecule has 0 saturated carbocycles. The van der Waals surface area contributed by atoms with Crippen LogP contribution >= 0.6 is 0 Å². The first-order chi connectivity index (χ1) is 16.1. The first kappa shape index (κ1) is 26.3. The van der Waals surface area contributed by atoms with Gasteiger partial charge in [0.1, 0.15) is 5.82 Å². The van der Waals surface area contributed by atoms with E-state index in [-0.39, 0.29) is 16.7 Å². The van der Waals surface area contributed by atoms with Crippen LogP contribution in [0.25, 0.3) is 11.3 Å². The first-order valence-electron chi connectivity index (χ1n) is 11.9. The molecule has 1 aromatic carbocycles. The molecule has 0 radical (unpaired) electrons. The van der Waals surface area contributed by atoms with Gasteiger partial charge < -0.3 is 9.30 Å². The van der Waals surface area contributed by atoms with Crippen LogP contribution in [-0.2, 0) is 28.9 Å². The normalized spacial score (nSPS) is 13.9. The molecule has 0 fully saturated rings. The van der Waals surface area contributed by atoms with Gasteiger partial charge in [0, 0.05) is 18.3 Å². The fraction of sp³-hybridized carbons (Fsp3) is 0.481. The van der Waals surface area contributed by atoms with Gasteiger partial charge in [0.15, 0.2) is 0 Å². The number of aryl methyl sites for hydroxylation is 1. The molecule has 0 amide bonds. The second kappa shape index (κ2) is 11.4. The standard InChI is InChI=1S/C27H38N4O2S/c1-19(2)24-23(14-11-15-28-24)25-26(20(3)30-34(32)27(5,6)7)31(21(4)29-25)16-17-33-18-22-12-9-8-10-13-22/h8-15,19-20,30H,16-18H2,1-7H3. The summed E-state index contributed by atoms with van der Waals surface area (Å²) >= 11 is 0. The highest BCUT2D eigenvalue weighted by atomic mass is 32.2. The van der Waals surface area contributed by atoms with Crippen molar-refractivity contribution in [2.24, 2.45) is 0 Å². The van der Waals surface area contributed by atoms with Gasteiger partial charge in [-0.15, -0.1) is 0 Å². The highest BCUT2D eigenvalue weighted by Gasteiger charge is 2.28. The summed E-state index contributed by atoms with van der Waals surface area (Å²) in [7, 11) is -1.22. The lowest BCUT2D eigenvalue weighted by Crippen LogP contribution is -2.35. The fourth-order valence-corrected chi connectivity index (χ4v) is 4.68. The molecule has 3 rings (SSSR count). The Morgan fingerprint density at radius 3 is 2.44 bits per heavy atom. The molecule has 0 spiro atoms. The van der Waals surface area contributed by atoms with E-state index in [4.69, 9.17) is 9.72 Å². The quantitative estimate of drug-likeness (QED) is 0.376. The topological polar surface area (TPSA) is 69.0 Å². The Hall–Kier alpha value is -2.35. The maximum absolute atomic E-state index is 12.9. The van der Waals surface area contributed by atoms with Crippen molar-refractivity contribution in [2.45, 2.75) is 78.3 Å². The van der Waals surface area contributed by atoms with E-state index in [9.17, 15) is 4.21 Å². The number of nitrogens with zero attached hydrogens (tertiary/aromatic N) is 3. The van der Waals surface area contributed by atoms with Crippen LogP contribution in [0.4, 0.5) is 0 Å². The van der Waals surface area contributed by atoms with E-state index in [1.807, 2.05) is 58.2 Å². The van der Waals surface area contributed by atoms with Gasteiger partial charge >= 0.3 is 0 Å². The summed E-state index contributed by atoms with van der Waals surface area (Å²) < 4.78 is 24.1. The van der Waals surface area contributed by atoms with Crippen LogP contribution in [0, 0.1) is 6.92 Å². The maximum Gasteiger partial charge on any atom is 0.106 e. The van der Waals surface area contributed by atoms with Gasteiger partial charge in [0.2, 0.25) is 0 Å². The van der Waals surface area contributed by atoms with Gasteiger partial charge in [-0.1, -0.05) is 44.2 Å². The van der Waals surface area contributed by atoms with Gasteiger partial charge in [-0.25, -0.2) is 13.9 Å². The minimum absolute atomic E-state index is 0.175. The minimum Gasteiger partial charge on any atom is -0.375 e.